The Morgan fingerprint density at radius 3 is 2.71 bits per heavy atom. The minimum Gasteiger partial charge on any atom is -0.633 e. The van der Waals surface area contributed by atoms with E-state index < -0.39 is 21.4 Å². The van der Waals surface area contributed by atoms with Gasteiger partial charge in [0, 0.05) is 5.92 Å². The third-order valence-electron chi connectivity index (χ3n) is 4.12. The molecule has 2 unspecified atom stereocenters. The van der Waals surface area contributed by atoms with E-state index in [1.807, 2.05) is 6.92 Å². The highest BCUT2D eigenvalue weighted by atomic mass is 32.2. The molecule has 1 heterocycles. The van der Waals surface area contributed by atoms with Crippen molar-refractivity contribution >= 4 is 10.1 Å². The highest BCUT2D eigenvalue weighted by Crippen LogP contribution is 2.33. The molecule has 1 aromatic carbocycles. The van der Waals surface area contributed by atoms with Gasteiger partial charge in [0.15, 0.2) is 0 Å². The number of hydroxylamine groups is 3. The first-order chi connectivity index (χ1) is 11.1. The van der Waals surface area contributed by atoms with E-state index in [1.165, 1.54) is 12.1 Å². The second-order valence-corrected chi connectivity index (χ2v) is 7.62. The van der Waals surface area contributed by atoms with Gasteiger partial charge in [0.2, 0.25) is 0 Å². The van der Waals surface area contributed by atoms with Gasteiger partial charge in [-0.2, -0.15) is 21.6 Å². The monoisotopic (exact) mass is 367 g/mol. The van der Waals surface area contributed by atoms with E-state index in [2.05, 4.69) is 4.18 Å². The van der Waals surface area contributed by atoms with Crippen molar-refractivity contribution in [1.29, 1.82) is 0 Å². The SMILES string of the molecule is CCC[N+]1([O-])CCCC(c2cccc(OS(=O)(=O)C(F)(F)F)c2)C1. The standard InChI is InChI=1S/C15H20F3NO4S/c1-2-8-19(20)9-4-6-13(11-19)12-5-3-7-14(10-12)23-24(21,22)15(16,17)18/h3,5,7,10,13H,2,4,6,8-9,11H2,1H3. The summed E-state index contributed by atoms with van der Waals surface area (Å²) in [5.74, 6) is -0.519. The normalized spacial score (nSPS) is 25.5. The fraction of sp³-hybridized carbons (Fsp3) is 0.600. The van der Waals surface area contributed by atoms with Gasteiger partial charge in [0.1, 0.15) is 5.75 Å². The average molecular weight is 367 g/mol. The molecule has 2 atom stereocenters. The molecule has 136 valence electrons. The number of benzene rings is 1. The largest absolute Gasteiger partial charge is 0.633 e. The number of rotatable bonds is 5. The van der Waals surface area contributed by atoms with Crippen molar-refractivity contribution in [3.63, 3.8) is 0 Å². The fourth-order valence-corrected chi connectivity index (χ4v) is 3.54. The molecule has 0 spiro atoms. The van der Waals surface area contributed by atoms with Gasteiger partial charge in [-0.1, -0.05) is 19.1 Å². The number of halogens is 3. The van der Waals surface area contributed by atoms with E-state index in [0.717, 1.165) is 25.3 Å². The molecular formula is C15H20F3NO4S. The molecule has 0 aliphatic carbocycles. The summed E-state index contributed by atoms with van der Waals surface area (Å²) >= 11 is 0. The van der Waals surface area contributed by atoms with Crippen molar-refractivity contribution < 1.29 is 30.4 Å². The van der Waals surface area contributed by atoms with Crippen molar-refractivity contribution in [2.75, 3.05) is 19.6 Å². The van der Waals surface area contributed by atoms with Gasteiger partial charge in [-0.3, -0.25) is 0 Å². The lowest BCUT2D eigenvalue weighted by Gasteiger charge is -2.48. The summed E-state index contributed by atoms with van der Waals surface area (Å²) in [6.07, 6.45) is 2.21. The maximum absolute atomic E-state index is 12.6. The van der Waals surface area contributed by atoms with Crippen molar-refractivity contribution in [1.82, 2.24) is 0 Å². The summed E-state index contributed by atoms with van der Waals surface area (Å²) < 4.78 is 63.2. The number of nitrogens with zero attached hydrogens (tertiary/aromatic N) is 1. The fourth-order valence-electron chi connectivity index (χ4n) is 3.09. The van der Waals surface area contributed by atoms with Crippen LogP contribution in [0.25, 0.3) is 0 Å². The van der Waals surface area contributed by atoms with Gasteiger partial charge in [0.25, 0.3) is 0 Å². The summed E-state index contributed by atoms with van der Waals surface area (Å²) in [4.78, 5) is 0. The number of hydrogen-bond donors (Lipinski definition) is 0. The molecule has 1 aromatic rings. The lowest BCUT2D eigenvalue weighted by atomic mass is 9.90. The lowest BCUT2D eigenvalue weighted by Crippen LogP contribution is -2.49. The van der Waals surface area contributed by atoms with E-state index in [1.54, 1.807) is 6.07 Å². The van der Waals surface area contributed by atoms with Crippen LogP contribution in [-0.2, 0) is 10.1 Å². The van der Waals surface area contributed by atoms with Gasteiger partial charge in [-0.25, -0.2) is 0 Å². The molecular weight excluding hydrogens is 347 g/mol. The molecule has 1 aliphatic heterocycles. The molecule has 0 amide bonds. The number of likely N-dealkylation sites (tertiary alicyclic amines) is 1. The molecule has 0 N–H and O–H groups in total. The number of hydrogen-bond acceptors (Lipinski definition) is 4. The Morgan fingerprint density at radius 1 is 1.38 bits per heavy atom. The summed E-state index contributed by atoms with van der Waals surface area (Å²) in [6, 6.07) is 5.54. The molecule has 0 aromatic heterocycles. The maximum Gasteiger partial charge on any atom is 0.534 e. The van der Waals surface area contributed by atoms with E-state index in [0.29, 0.717) is 25.2 Å². The van der Waals surface area contributed by atoms with E-state index >= 15 is 0 Å². The van der Waals surface area contributed by atoms with Crippen LogP contribution in [0.4, 0.5) is 13.2 Å². The highest BCUT2D eigenvalue weighted by molar-refractivity contribution is 7.88. The summed E-state index contributed by atoms with van der Waals surface area (Å²) in [5.41, 5.74) is -4.85. The zero-order chi connectivity index (χ0) is 18.0. The molecule has 2 rings (SSSR count). The van der Waals surface area contributed by atoms with Crippen LogP contribution < -0.4 is 4.18 Å². The maximum atomic E-state index is 12.6. The van der Waals surface area contributed by atoms with Gasteiger partial charge in [0.05, 0.1) is 19.6 Å². The Kier molecular flexibility index (Phi) is 5.46. The summed E-state index contributed by atoms with van der Waals surface area (Å²) in [6.45, 7) is 3.29. The Balaban J connectivity index is 2.19. The smallest absolute Gasteiger partial charge is 0.534 e. The number of piperidine rings is 1. The zero-order valence-electron chi connectivity index (χ0n) is 13.3. The molecule has 1 saturated heterocycles. The van der Waals surface area contributed by atoms with Crippen LogP contribution in [0.1, 0.15) is 37.7 Å². The van der Waals surface area contributed by atoms with Crippen molar-refractivity contribution in [2.24, 2.45) is 0 Å². The molecule has 0 saturated carbocycles. The average Bonchev–Trinajstić information content (AvgIpc) is 2.46. The van der Waals surface area contributed by atoms with Crippen LogP contribution >= 0.6 is 0 Å². The number of quaternary nitrogens is 1. The van der Waals surface area contributed by atoms with Gasteiger partial charge < -0.3 is 14.0 Å². The lowest BCUT2D eigenvalue weighted by molar-refractivity contribution is -0.887. The van der Waals surface area contributed by atoms with Crippen molar-refractivity contribution in [3.8, 4) is 5.75 Å². The van der Waals surface area contributed by atoms with Crippen LogP contribution in [0, 0.1) is 5.21 Å². The first-order valence-electron chi connectivity index (χ1n) is 7.74. The van der Waals surface area contributed by atoms with Crippen molar-refractivity contribution in [2.45, 2.75) is 37.6 Å². The Labute approximate surface area is 139 Å². The molecule has 0 bridgehead atoms. The van der Waals surface area contributed by atoms with E-state index in [9.17, 15) is 26.8 Å². The Bertz CT molecular complexity index is 674. The van der Waals surface area contributed by atoms with Crippen LogP contribution in [0.3, 0.4) is 0 Å². The first kappa shape index (κ1) is 19.0. The third-order valence-corrected chi connectivity index (χ3v) is 5.10. The molecule has 24 heavy (non-hydrogen) atoms. The summed E-state index contributed by atoms with van der Waals surface area (Å²) in [5, 5.41) is 12.6. The predicted octanol–water partition coefficient (Wildman–Crippen LogP) is 3.52. The quantitative estimate of drug-likeness (QED) is 0.346. The van der Waals surface area contributed by atoms with Gasteiger partial charge in [-0.05, 0) is 37.0 Å². The van der Waals surface area contributed by atoms with Crippen LogP contribution in [0.15, 0.2) is 24.3 Å². The zero-order valence-corrected chi connectivity index (χ0v) is 14.1. The minimum absolute atomic E-state index is 0.125. The molecule has 0 radical (unpaired) electrons. The minimum atomic E-state index is -5.70. The predicted molar refractivity (Wildman–Crippen MR) is 82.5 cm³/mol. The van der Waals surface area contributed by atoms with Crippen LogP contribution in [0.5, 0.6) is 5.75 Å². The van der Waals surface area contributed by atoms with Gasteiger partial charge >= 0.3 is 15.6 Å². The van der Waals surface area contributed by atoms with Gasteiger partial charge in [-0.15, -0.1) is 0 Å². The second-order valence-electron chi connectivity index (χ2n) is 6.08. The number of alkyl halides is 3. The topological polar surface area (TPSA) is 66.4 Å². The van der Waals surface area contributed by atoms with E-state index in [-0.39, 0.29) is 10.6 Å². The molecule has 5 nitrogen and oxygen atoms in total. The van der Waals surface area contributed by atoms with Crippen LogP contribution in [-0.4, -0.2) is 38.2 Å². The molecule has 1 fully saturated rings. The van der Waals surface area contributed by atoms with E-state index in [4.69, 9.17) is 0 Å². The Hall–Kier alpha value is -1.32. The Morgan fingerprint density at radius 2 is 2.08 bits per heavy atom. The molecule has 1 aliphatic rings. The third kappa shape index (κ3) is 4.40. The van der Waals surface area contributed by atoms with Crippen LogP contribution in [0.2, 0.25) is 0 Å². The summed E-state index contributed by atoms with van der Waals surface area (Å²) in [7, 11) is -5.70. The first-order valence-corrected chi connectivity index (χ1v) is 9.15. The van der Waals surface area contributed by atoms with Crippen molar-refractivity contribution in [3.05, 3.63) is 35.0 Å². The molecule has 9 heteroatoms. The second kappa shape index (κ2) is 6.89. The highest BCUT2D eigenvalue weighted by Gasteiger charge is 2.48.